The Morgan fingerprint density at radius 3 is 2.14 bits per heavy atom. The molecular formula is C58H64N2O17S2. The molecule has 4 aromatic rings. The summed E-state index contributed by atoms with van der Waals surface area (Å²) in [6.07, 6.45) is -8.44. The first-order valence-electron chi connectivity index (χ1n) is 25.8. The lowest BCUT2D eigenvalue weighted by Gasteiger charge is -2.67. The fraction of sp³-hybridized carbons (Fsp3) is 0.448. The maximum Gasteiger partial charge on any atom is 0.511 e. The number of ether oxygens (including phenoxy) is 8. The lowest BCUT2D eigenvalue weighted by atomic mass is 9.43. The van der Waals surface area contributed by atoms with E-state index in [-0.39, 0.29) is 42.8 Å². The van der Waals surface area contributed by atoms with E-state index in [2.05, 4.69) is 10.3 Å². The number of aliphatic hydroxyl groups excluding tert-OH is 1. The van der Waals surface area contributed by atoms with Gasteiger partial charge in [-0.05, 0) is 77.7 Å². The van der Waals surface area contributed by atoms with Crippen LogP contribution in [0.2, 0.25) is 0 Å². The Morgan fingerprint density at radius 1 is 0.848 bits per heavy atom. The molecule has 79 heavy (non-hydrogen) atoms. The van der Waals surface area contributed by atoms with Crippen LogP contribution in [0.3, 0.4) is 0 Å². The van der Waals surface area contributed by atoms with Crippen molar-refractivity contribution in [2.75, 3.05) is 32.4 Å². The van der Waals surface area contributed by atoms with Gasteiger partial charge in [-0.15, -0.1) is 0 Å². The molecule has 3 fully saturated rings. The molecule has 1 aliphatic heterocycles. The third kappa shape index (κ3) is 12.1. The molecule has 0 radical (unpaired) electrons. The monoisotopic (exact) mass is 1120 g/mol. The molecule has 1 aromatic heterocycles. The van der Waals surface area contributed by atoms with Crippen LogP contribution in [0.4, 0.5) is 4.79 Å². The van der Waals surface area contributed by atoms with Crippen LogP contribution in [-0.4, -0.2) is 131 Å². The predicted octanol–water partition coefficient (Wildman–Crippen LogP) is 7.34. The summed E-state index contributed by atoms with van der Waals surface area (Å²) < 4.78 is 47.1. The van der Waals surface area contributed by atoms with Crippen LogP contribution < -0.4 is 5.32 Å². The minimum absolute atomic E-state index is 0.0371. The largest absolute Gasteiger partial charge is 0.511 e. The van der Waals surface area contributed by atoms with Gasteiger partial charge < -0.3 is 53.4 Å². The van der Waals surface area contributed by atoms with Gasteiger partial charge in [0.15, 0.2) is 11.7 Å². The molecule has 2 saturated carbocycles. The van der Waals surface area contributed by atoms with E-state index in [0.717, 1.165) is 11.9 Å². The number of Topliss-reactive ketones (excluding diaryl/α,β-unsaturated/α-hetero) is 1. The maximum absolute atomic E-state index is 16.0. The molecule has 1 amide bonds. The molecule has 1 saturated heterocycles. The zero-order chi connectivity index (χ0) is 56.7. The van der Waals surface area contributed by atoms with Crippen molar-refractivity contribution in [1.29, 1.82) is 0 Å². The highest BCUT2D eigenvalue weighted by atomic mass is 33.1. The van der Waals surface area contributed by atoms with E-state index < -0.39 is 125 Å². The summed E-state index contributed by atoms with van der Waals surface area (Å²) in [4.78, 5) is 103. The fourth-order valence-electron chi connectivity index (χ4n) is 11.8. The summed E-state index contributed by atoms with van der Waals surface area (Å²) in [5.41, 5.74) is -6.39. The number of nitrogens with zero attached hydrogens (tertiary/aromatic N) is 1. The fourth-order valence-corrected chi connectivity index (χ4v) is 13.5. The van der Waals surface area contributed by atoms with Crippen molar-refractivity contribution in [2.24, 2.45) is 22.7 Å². The van der Waals surface area contributed by atoms with E-state index in [1.54, 1.807) is 124 Å². The van der Waals surface area contributed by atoms with Crippen molar-refractivity contribution in [3.05, 3.63) is 143 Å². The van der Waals surface area contributed by atoms with Gasteiger partial charge in [0.2, 0.25) is 6.79 Å². The average molecular weight is 1130 g/mol. The van der Waals surface area contributed by atoms with Crippen molar-refractivity contribution in [1.82, 2.24) is 10.3 Å². The second-order valence-electron chi connectivity index (χ2n) is 20.6. The number of pyridine rings is 1. The van der Waals surface area contributed by atoms with E-state index in [1.165, 1.54) is 29.9 Å². The molecule has 0 spiro atoms. The number of aliphatic hydroxyl groups is 2. The molecule has 4 aliphatic rings. The van der Waals surface area contributed by atoms with Crippen LogP contribution in [0.5, 0.6) is 0 Å². The Morgan fingerprint density at radius 2 is 1.51 bits per heavy atom. The van der Waals surface area contributed by atoms with Crippen LogP contribution in [0, 0.1) is 22.7 Å². The maximum atomic E-state index is 16.0. The molecular weight excluding hydrogens is 1060 g/mol. The molecule has 8 rings (SSSR count). The van der Waals surface area contributed by atoms with Gasteiger partial charge in [0.1, 0.15) is 40.8 Å². The highest BCUT2D eigenvalue weighted by Crippen LogP contribution is 2.65. The molecule has 21 heteroatoms. The first kappa shape index (κ1) is 58.5. The minimum atomic E-state index is -2.35. The summed E-state index contributed by atoms with van der Waals surface area (Å²) in [7, 11) is 3.04. The van der Waals surface area contributed by atoms with Crippen LogP contribution in [0.1, 0.15) is 93.1 Å². The molecule has 2 bridgehead atoms. The number of nitrogens with one attached hydrogen (secondary N) is 1. The standard InChI is InChI=1S/C58H64N2O17S2/c1-34-40(74-53(67)47(63)46(37-18-10-7-11-19-37)60-51(65)38-20-12-8-13-21-38)31-58(69)50(76-52(66)39-22-14-9-15-23-39)48-56(6,49(64)35(2)45(34)55(58,4)5)41(30-42-57(48,32-71-42)77-36(3)61)75-54(68)73-33-72-44(62)25-27-70-28-29-78-79-43-24-16-17-26-59-43/h7-24,26,35,40-42,46-48,50,63,69H,25,27-33H2,1-6H3,(H,60,65)/t35-,40?,41?,42?,46?,47-,48+,50+,56-,57+,58-/m1/s1. The highest BCUT2D eigenvalue weighted by Gasteiger charge is 2.78. The number of benzene rings is 3. The van der Waals surface area contributed by atoms with Crippen LogP contribution >= 0.6 is 21.6 Å². The van der Waals surface area contributed by atoms with Gasteiger partial charge in [-0.3, -0.25) is 19.2 Å². The number of fused-ring (bicyclic) bond motifs is 5. The van der Waals surface area contributed by atoms with Gasteiger partial charge in [0.05, 0.1) is 49.2 Å². The number of rotatable bonds is 20. The summed E-state index contributed by atoms with van der Waals surface area (Å²) in [6.45, 7) is 8.38. The lowest BCUT2D eigenvalue weighted by molar-refractivity contribution is -0.345. The summed E-state index contributed by atoms with van der Waals surface area (Å²) in [6, 6.07) is 28.7. The second kappa shape index (κ2) is 24.8. The average Bonchev–Trinajstić information content (AvgIpc) is 3.29. The molecule has 4 unspecified atom stereocenters. The van der Waals surface area contributed by atoms with Crippen molar-refractivity contribution in [3.8, 4) is 0 Å². The van der Waals surface area contributed by atoms with Gasteiger partial charge in [-0.1, -0.05) is 104 Å². The summed E-state index contributed by atoms with van der Waals surface area (Å²) in [5.74, 6) is -6.99. The molecule has 3 N–H and O–H groups in total. The third-order valence-corrected chi connectivity index (χ3v) is 17.9. The first-order chi connectivity index (χ1) is 37.7. The topological polar surface area (TPSA) is 259 Å². The van der Waals surface area contributed by atoms with E-state index in [0.29, 0.717) is 23.5 Å². The van der Waals surface area contributed by atoms with Gasteiger partial charge in [0, 0.05) is 48.6 Å². The number of carbonyl (C=O) groups is 7. The van der Waals surface area contributed by atoms with Gasteiger partial charge >= 0.3 is 30.0 Å². The Kier molecular flexibility index (Phi) is 18.4. The molecule has 2 heterocycles. The zero-order valence-corrected chi connectivity index (χ0v) is 46.2. The van der Waals surface area contributed by atoms with Gasteiger partial charge in [-0.2, -0.15) is 0 Å². The van der Waals surface area contributed by atoms with Gasteiger partial charge in [-0.25, -0.2) is 19.4 Å². The summed E-state index contributed by atoms with van der Waals surface area (Å²) in [5, 5.41) is 29.5. The van der Waals surface area contributed by atoms with Crippen molar-refractivity contribution < 1.29 is 81.7 Å². The smallest absolute Gasteiger partial charge is 0.456 e. The van der Waals surface area contributed by atoms with Crippen LogP contribution in [-0.2, 0) is 57.1 Å². The van der Waals surface area contributed by atoms with Crippen molar-refractivity contribution in [3.63, 3.8) is 0 Å². The molecule has 3 aliphatic carbocycles. The van der Waals surface area contributed by atoms with Crippen LogP contribution in [0.25, 0.3) is 0 Å². The van der Waals surface area contributed by atoms with E-state index in [4.69, 9.17) is 37.9 Å². The highest BCUT2D eigenvalue weighted by molar-refractivity contribution is 8.76. The zero-order valence-electron chi connectivity index (χ0n) is 44.5. The van der Waals surface area contributed by atoms with E-state index >= 15 is 4.79 Å². The molecule has 19 nitrogen and oxygen atoms in total. The quantitative estimate of drug-likeness (QED) is 0.0195. The van der Waals surface area contributed by atoms with E-state index in [9.17, 15) is 39.0 Å². The molecule has 3 aromatic carbocycles. The number of amides is 1. The number of ketones is 1. The SMILES string of the molecule is CC(=O)O[C@@]12COC1CC(OC(=O)OCOC(=O)CCOCCSSc1ccccn1)[C@@]1(C)C(=O)[C@H](C)C3=C(C)C(OC(=O)[C@H](O)C(NC(=O)c4ccccc4)c4ccccc4)C[C@@](O)([C@@H](OC(=O)c4ccccc4)[C@H]21)C3(C)C. The Hall–Kier alpha value is -6.62. The Bertz CT molecular complexity index is 2900. The number of hydrogen-bond donors (Lipinski definition) is 3. The lowest BCUT2D eigenvalue weighted by Crippen LogP contribution is -2.81. The second-order valence-corrected chi connectivity index (χ2v) is 23.1. The number of esters is 4. The van der Waals surface area contributed by atoms with Crippen molar-refractivity contribution in [2.45, 2.75) is 114 Å². The Labute approximate surface area is 465 Å². The first-order valence-corrected chi connectivity index (χ1v) is 28.2. The molecule has 11 atom stereocenters. The normalized spacial score (nSPS) is 27.4. The third-order valence-electron chi connectivity index (χ3n) is 15.7. The number of carbonyl (C=O) groups excluding carboxylic acids is 7. The molecule has 420 valence electrons. The predicted molar refractivity (Wildman–Crippen MR) is 286 cm³/mol. The summed E-state index contributed by atoms with van der Waals surface area (Å²) >= 11 is 0. The van der Waals surface area contributed by atoms with E-state index in [1.807, 2.05) is 18.2 Å². The minimum Gasteiger partial charge on any atom is -0.456 e. The van der Waals surface area contributed by atoms with Crippen LogP contribution in [0.15, 0.2) is 132 Å². The van der Waals surface area contributed by atoms with Crippen molar-refractivity contribution >= 4 is 63.3 Å². The Balaban J connectivity index is 1.09. The number of aromatic nitrogens is 1. The number of hydrogen-bond acceptors (Lipinski definition) is 20. The van der Waals surface area contributed by atoms with Gasteiger partial charge in [0.25, 0.3) is 5.91 Å².